The summed E-state index contributed by atoms with van der Waals surface area (Å²) in [5.41, 5.74) is 5.52. The van der Waals surface area contributed by atoms with Crippen LogP contribution in [0.25, 0.3) is 0 Å². The number of aromatic nitrogens is 1. The van der Waals surface area contributed by atoms with Crippen LogP contribution in [0.2, 0.25) is 0 Å². The number of nitro benzene ring substituents is 1. The Kier molecular flexibility index (Phi) is 5.66. The molecule has 0 bridgehead atoms. The van der Waals surface area contributed by atoms with Crippen LogP contribution in [-0.4, -0.2) is 27.5 Å². The molecule has 0 saturated carbocycles. The second kappa shape index (κ2) is 7.70. The van der Waals surface area contributed by atoms with E-state index >= 15 is 0 Å². The molecule has 120 valence electrons. The summed E-state index contributed by atoms with van der Waals surface area (Å²) in [6, 6.07) is 5.06. The quantitative estimate of drug-likeness (QED) is 0.483. The molecule has 2 amide bonds. The standard InChI is InChI=1S/C13H12N4O4S2/c1-8-6-22-13(14-8)23-7-11(18)15-16-12(19)9-2-4-10(5-3-9)17(20)21/h2-6H,7H2,1H3,(H,15,18)(H,16,19). The van der Waals surface area contributed by atoms with Crippen molar-refractivity contribution in [1.82, 2.24) is 15.8 Å². The lowest BCUT2D eigenvalue weighted by atomic mass is 10.2. The van der Waals surface area contributed by atoms with Gasteiger partial charge in [0.15, 0.2) is 4.34 Å². The molecule has 0 atom stereocenters. The van der Waals surface area contributed by atoms with Crippen LogP contribution >= 0.6 is 23.1 Å². The second-order valence-electron chi connectivity index (χ2n) is 4.35. The third-order valence-electron chi connectivity index (χ3n) is 2.58. The number of carbonyl (C=O) groups excluding carboxylic acids is 2. The van der Waals surface area contributed by atoms with Gasteiger partial charge in [-0.1, -0.05) is 11.8 Å². The fourth-order valence-corrected chi connectivity index (χ4v) is 3.14. The van der Waals surface area contributed by atoms with E-state index in [-0.39, 0.29) is 22.9 Å². The number of thioether (sulfide) groups is 1. The van der Waals surface area contributed by atoms with Crippen LogP contribution in [0.4, 0.5) is 5.69 Å². The molecule has 2 N–H and O–H groups in total. The lowest BCUT2D eigenvalue weighted by Gasteiger charge is -2.06. The number of aryl methyl sites for hydroxylation is 1. The fourth-order valence-electron chi connectivity index (χ4n) is 1.50. The van der Waals surface area contributed by atoms with Crippen LogP contribution in [0, 0.1) is 17.0 Å². The predicted molar refractivity (Wildman–Crippen MR) is 86.3 cm³/mol. The maximum atomic E-state index is 11.8. The van der Waals surface area contributed by atoms with Crippen LogP contribution in [0.3, 0.4) is 0 Å². The lowest BCUT2D eigenvalue weighted by Crippen LogP contribution is -2.42. The number of amides is 2. The molecule has 2 rings (SSSR count). The zero-order valence-electron chi connectivity index (χ0n) is 11.9. The van der Waals surface area contributed by atoms with Gasteiger partial charge in [-0.05, 0) is 19.1 Å². The van der Waals surface area contributed by atoms with Gasteiger partial charge in [-0.3, -0.25) is 30.6 Å². The Morgan fingerprint density at radius 3 is 2.57 bits per heavy atom. The maximum Gasteiger partial charge on any atom is 0.269 e. The van der Waals surface area contributed by atoms with Crippen molar-refractivity contribution >= 4 is 40.6 Å². The third-order valence-corrected chi connectivity index (χ3v) is 4.72. The number of carbonyl (C=O) groups is 2. The second-order valence-corrected chi connectivity index (χ2v) is 6.43. The van der Waals surface area contributed by atoms with Gasteiger partial charge in [-0.25, -0.2) is 4.98 Å². The Labute approximate surface area is 139 Å². The van der Waals surface area contributed by atoms with Crippen molar-refractivity contribution in [2.45, 2.75) is 11.3 Å². The SMILES string of the molecule is Cc1csc(SCC(=O)NNC(=O)c2ccc([N+](=O)[O-])cc2)n1. The van der Waals surface area contributed by atoms with Crippen LogP contribution in [0.1, 0.15) is 16.1 Å². The van der Waals surface area contributed by atoms with E-state index in [4.69, 9.17) is 0 Å². The van der Waals surface area contributed by atoms with E-state index in [0.717, 1.165) is 10.0 Å². The van der Waals surface area contributed by atoms with E-state index in [1.54, 1.807) is 0 Å². The van der Waals surface area contributed by atoms with Crippen LogP contribution in [0.5, 0.6) is 0 Å². The number of hydrogen-bond donors (Lipinski definition) is 2. The highest BCUT2D eigenvalue weighted by Crippen LogP contribution is 2.21. The average molecular weight is 352 g/mol. The number of nitrogens with one attached hydrogen (secondary N) is 2. The molecule has 0 unspecified atom stereocenters. The van der Waals surface area contributed by atoms with Gasteiger partial charge in [0.2, 0.25) is 5.91 Å². The molecule has 1 aromatic carbocycles. The molecule has 23 heavy (non-hydrogen) atoms. The normalized spacial score (nSPS) is 10.1. The van der Waals surface area contributed by atoms with E-state index < -0.39 is 10.8 Å². The zero-order valence-corrected chi connectivity index (χ0v) is 13.6. The molecule has 0 aliphatic carbocycles. The van der Waals surface area contributed by atoms with Crippen LogP contribution in [-0.2, 0) is 4.79 Å². The molecule has 0 aliphatic rings. The van der Waals surface area contributed by atoms with Gasteiger partial charge in [-0.15, -0.1) is 11.3 Å². The van der Waals surface area contributed by atoms with E-state index in [9.17, 15) is 19.7 Å². The Hall–Kier alpha value is -2.46. The highest BCUT2D eigenvalue weighted by molar-refractivity contribution is 8.01. The molecule has 0 spiro atoms. The number of hydrogen-bond acceptors (Lipinski definition) is 7. The summed E-state index contributed by atoms with van der Waals surface area (Å²) in [4.78, 5) is 37.6. The van der Waals surface area contributed by atoms with Crippen molar-refractivity contribution < 1.29 is 14.5 Å². The molecule has 2 aromatic rings. The number of hydrazine groups is 1. The molecular weight excluding hydrogens is 340 g/mol. The van der Waals surface area contributed by atoms with Gasteiger partial charge >= 0.3 is 0 Å². The highest BCUT2D eigenvalue weighted by atomic mass is 32.2. The summed E-state index contributed by atoms with van der Waals surface area (Å²) < 4.78 is 0.777. The Morgan fingerprint density at radius 2 is 2.00 bits per heavy atom. The maximum absolute atomic E-state index is 11.8. The van der Waals surface area contributed by atoms with Crippen LogP contribution < -0.4 is 10.9 Å². The Balaban J connectivity index is 1.79. The lowest BCUT2D eigenvalue weighted by molar-refractivity contribution is -0.384. The molecule has 0 radical (unpaired) electrons. The van der Waals surface area contributed by atoms with Crippen molar-refractivity contribution in [3.63, 3.8) is 0 Å². The highest BCUT2D eigenvalue weighted by Gasteiger charge is 2.11. The average Bonchev–Trinajstić information content (AvgIpc) is 2.96. The summed E-state index contributed by atoms with van der Waals surface area (Å²) in [5.74, 6) is -0.811. The minimum atomic E-state index is -0.555. The number of thiazole rings is 1. The molecular formula is C13H12N4O4S2. The molecule has 0 saturated heterocycles. The minimum absolute atomic E-state index is 0.110. The van der Waals surface area contributed by atoms with Crippen molar-refractivity contribution in [2.24, 2.45) is 0 Å². The Bertz CT molecular complexity index is 730. The van der Waals surface area contributed by atoms with E-state index in [1.807, 2.05) is 12.3 Å². The van der Waals surface area contributed by atoms with Gasteiger partial charge in [0, 0.05) is 28.8 Å². The van der Waals surface area contributed by atoms with Crippen molar-refractivity contribution in [3.05, 3.63) is 51.0 Å². The van der Waals surface area contributed by atoms with Crippen molar-refractivity contribution in [3.8, 4) is 0 Å². The van der Waals surface area contributed by atoms with Crippen molar-refractivity contribution in [2.75, 3.05) is 5.75 Å². The van der Waals surface area contributed by atoms with E-state index in [0.29, 0.717) is 0 Å². The number of rotatable bonds is 5. The fraction of sp³-hybridized carbons (Fsp3) is 0.154. The van der Waals surface area contributed by atoms with Gasteiger partial charge in [0.1, 0.15) is 0 Å². The number of non-ortho nitro benzene ring substituents is 1. The van der Waals surface area contributed by atoms with Gasteiger partial charge in [-0.2, -0.15) is 0 Å². The Morgan fingerprint density at radius 1 is 1.30 bits per heavy atom. The van der Waals surface area contributed by atoms with Gasteiger partial charge < -0.3 is 0 Å². The third kappa shape index (κ3) is 5.04. The first-order chi connectivity index (χ1) is 11.0. The van der Waals surface area contributed by atoms with E-state index in [2.05, 4.69) is 15.8 Å². The topological polar surface area (TPSA) is 114 Å². The monoisotopic (exact) mass is 352 g/mol. The zero-order chi connectivity index (χ0) is 16.8. The van der Waals surface area contributed by atoms with Gasteiger partial charge in [0.25, 0.3) is 11.6 Å². The first-order valence-corrected chi connectivity index (χ1v) is 8.21. The minimum Gasteiger partial charge on any atom is -0.272 e. The molecule has 1 aromatic heterocycles. The van der Waals surface area contributed by atoms with Crippen molar-refractivity contribution in [1.29, 1.82) is 0 Å². The largest absolute Gasteiger partial charge is 0.272 e. The number of nitro groups is 1. The summed E-state index contributed by atoms with van der Waals surface area (Å²) in [6.45, 7) is 1.87. The summed E-state index contributed by atoms with van der Waals surface area (Å²) in [6.07, 6.45) is 0. The summed E-state index contributed by atoms with van der Waals surface area (Å²) >= 11 is 2.72. The molecule has 0 aliphatic heterocycles. The predicted octanol–water partition coefficient (Wildman–Crippen LogP) is 1.91. The molecule has 8 nitrogen and oxygen atoms in total. The first kappa shape index (κ1) is 16.9. The smallest absolute Gasteiger partial charge is 0.269 e. The molecule has 1 heterocycles. The van der Waals surface area contributed by atoms with Crippen LogP contribution in [0.15, 0.2) is 34.0 Å². The number of nitrogens with zero attached hydrogens (tertiary/aromatic N) is 2. The molecule has 0 fully saturated rings. The summed E-state index contributed by atoms with van der Waals surface area (Å²) in [7, 11) is 0. The van der Waals surface area contributed by atoms with Gasteiger partial charge in [0.05, 0.1) is 10.7 Å². The molecule has 10 heteroatoms. The first-order valence-electron chi connectivity index (χ1n) is 6.34. The van der Waals surface area contributed by atoms with E-state index in [1.165, 1.54) is 47.4 Å². The summed E-state index contributed by atoms with van der Waals surface area (Å²) in [5, 5.41) is 12.4. The number of benzene rings is 1.